The number of hydrogen-bond donors (Lipinski definition) is 1. The molecule has 1 amide bonds. The molecule has 2 aromatic heterocycles. The first kappa shape index (κ1) is 22.5. The lowest BCUT2D eigenvalue weighted by atomic mass is 10.0. The van der Waals surface area contributed by atoms with Gasteiger partial charge in [-0.3, -0.25) is 4.79 Å². The first-order chi connectivity index (χ1) is 16.1. The van der Waals surface area contributed by atoms with Crippen LogP contribution in [0.2, 0.25) is 0 Å². The maximum absolute atomic E-state index is 15.1. The summed E-state index contributed by atoms with van der Waals surface area (Å²) >= 11 is 0. The molecule has 3 heterocycles. The smallest absolute Gasteiger partial charge is 0.383 e. The fraction of sp³-hybridized carbons (Fsp3) is 0.391. The Morgan fingerprint density at radius 3 is 2.59 bits per heavy atom. The molecule has 3 aromatic rings. The number of pyridine rings is 1. The number of rotatable bonds is 5. The summed E-state index contributed by atoms with van der Waals surface area (Å²) in [6, 6.07) is 4.38. The van der Waals surface area contributed by atoms with E-state index in [2.05, 4.69) is 15.2 Å². The number of alkyl halides is 3. The molecule has 178 valence electrons. The van der Waals surface area contributed by atoms with E-state index in [1.807, 2.05) is 6.92 Å². The number of anilines is 1. The molecule has 1 saturated carbocycles. The Kier molecular flexibility index (Phi) is 5.38. The molecule has 11 heteroatoms. The van der Waals surface area contributed by atoms with Crippen LogP contribution in [0, 0.1) is 11.7 Å². The zero-order valence-electron chi connectivity index (χ0n) is 18.2. The molecule has 7 nitrogen and oxygen atoms in total. The van der Waals surface area contributed by atoms with Crippen LogP contribution in [0.5, 0.6) is 0 Å². The van der Waals surface area contributed by atoms with Gasteiger partial charge in [0.1, 0.15) is 11.6 Å². The highest BCUT2D eigenvalue weighted by molar-refractivity contribution is 5.99. The Morgan fingerprint density at radius 1 is 1.21 bits per heavy atom. The van der Waals surface area contributed by atoms with Crippen LogP contribution in [0.4, 0.5) is 23.4 Å². The second-order valence-electron chi connectivity index (χ2n) is 8.71. The van der Waals surface area contributed by atoms with E-state index >= 15 is 4.39 Å². The zero-order valence-corrected chi connectivity index (χ0v) is 18.2. The number of amides is 1. The Morgan fingerprint density at radius 2 is 1.94 bits per heavy atom. The molecule has 0 spiro atoms. The standard InChI is InChI=1S/C23H21F4N5O2/c1-11(12-2-3-12)32(8-13-4-5-20(31-30-13)23(25,26)27)22(33)15-6-14-16-9-34-10-17(16)21(28)29-19(14)7-18(15)24/h4-7,11-12H,2-3,8-10H2,1H3,(H2,28,29)/t11-/m1/s1. The SMILES string of the molecule is C[C@H](C1CC1)N(Cc1ccc(C(F)(F)F)nn1)C(=O)c1cc2c3c(c(N)nc2cc1F)COC3. The molecule has 0 saturated heterocycles. The number of halogens is 4. The number of nitrogens with two attached hydrogens (primary N) is 1. The molecule has 1 aliphatic heterocycles. The van der Waals surface area contributed by atoms with E-state index in [9.17, 15) is 18.0 Å². The lowest BCUT2D eigenvalue weighted by Crippen LogP contribution is -2.40. The Hall–Kier alpha value is -3.34. The third kappa shape index (κ3) is 4.04. The number of carbonyl (C=O) groups is 1. The molecule has 34 heavy (non-hydrogen) atoms. The summed E-state index contributed by atoms with van der Waals surface area (Å²) < 4.78 is 59.1. The maximum atomic E-state index is 15.1. The maximum Gasteiger partial charge on any atom is 0.435 e. The van der Waals surface area contributed by atoms with E-state index in [1.165, 1.54) is 23.1 Å². The molecular formula is C23H21F4N5O2. The minimum atomic E-state index is -4.61. The van der Waals surface area contributed by atoms with Gasteiger partial charge in [0.25, 0.3) is 5.91 Å². The summed E-state index contributed by atoms with van der Waals surface area (Å²) in [5, 5.41) is 7.48. The van der Waals surface area contributed by atoms with Crippen LogP contribution < -0.4 is 5.73 Å². The van der Waals surface area contributed by atoms with E-state index in [4.69, 9.17) is 10.5 Å². The van der Waals surface area contributed by atoms with Crippen molar-refractivity contribution < 1.29 is 27.1 Å². The van der Waals surface area contributed by atoms with E-state index < -0.39 is 23.6 Å². The number of ether oxygens (including phenoxy) is 1. The van der Waals surface area contributed by atoms with Gasteiger partial charge in [-0.1, -0.05) is 0 Å². The summed E-state index contributed by atoms with van der Waals surface area (Å²) in [6.07, 6.45) is -2.78. The number of hydrogen-bond acceptors (Lipinski definition) is 6. The van der Waals surface area contributed by atoms with Crippen molar-refractivity contribution in [2.75, 3.05) is 5.73 Å². The topological polar surface area (TPSA) is 94.2 Å². The minimum absolute atomic E-state index is 0.0969. The Balaban J connectivity index is 1.51. The second kappa shape index (κ2) is 8.15. The number of benzene rings is 1. The normalized spacial score (nSPS) is 16.5. The summed E-state index contributed by atoms with van der Waals surface area (Å²) in [6.45, 7) is 2.32. The number of nitrogens with zero attached hydrogens (tertiary/aromatic N) is 4. The van der Waals surface area contributed by atoms with Gasteiger partial charge in [-0.15, -0.1) is 5.10 Å². The van der Waals surface area contributed by atoms with Gasteiger partial charge in [-0.05, 0) is 49.4 Å². The first-order valence-electron chi connectivity index (χ1n) is 10.8. The van der Waals surface area contributed by atoms with Gasteiger partial charge >= 0.3 is 6.18 Å². The fourth-order valence-corrected chi connectivity index (χ4v) is 4.31. The third-order valence-electron chi connectivity index (χ3n) is 6.45. The number of carbonyl (C=O) groups excluding carboxylic acids is 1. The molecule has 1 aromatic carbocycles. The quantitative estimate of drug-likeness (QED) is 0.555. The van der Waals surface area contributed by atoms with Crippen molar-refractivity contribution in [1.82, 2.24) is 20.1 Å². The largest absolute Gasteiger partial charge is 0.435 e. The molecule has 0 unspecified atom stereocenters. The highest BCUT2D eigenvalue weighted by atomic mass is 19.4. The van der Waals surface area contributed by atoms with Crippen LogP contribution in [0.1, 0.15) is 52.6 Å². The van der Waals surface area contributed by atoms with Crippen molar-refractivity contribution in [1.29, 1.82) is 0 Å². The van der Waals surface area contributed by atoms with Gasteiger partial charge in [-0.25, -0.2) is 9.37 Å². The van der Waals surface area contributed by atoms with Gasteiger partial charge in [0.2, 0.25) is 0 Å². The minimum Gasteiger partial charge on any atom is -0.383 e. The molecule has 5 rings (SSSR count). The summed E-state index contributed by atoms with van der Waals surface area (Å²) in [4.78, 5) is 19.3. The third-order valence-corrected chi connectivity index (χ3v) is 6.45. The van der Waals surface area contributed by atoms with E-state index in [0.717, 1.165) is 30.0 Å². The highest BCUT2D eigenvalue weighted by Gasteiger charge is 2.37. The van der Waals surface area contributed by atoms with Crippen LogP contribution in [-0.2, 0) is 30.7 Å². The lowest BCUT2D eigenvalue weighted by molar-refractivity contribution is -0.141. The van der Waals surface area contributed by atoms with Crippen LogP contribution in [0.25, 0.3) is 10.9 Å². The van der Waals surface area contributed by atoms with Crippen molar-refractivity contribution in [2.45, 2.75) is 51.7 Å². The van der Waals surface area contributed by atoms with Crippen LogP contribution in [0.3, 0.4) is 0 Å². The van der Waals surface area contributed by atoms with Gasteiger partial charge in [0, 0.05) is 23.1 Å². The molecule has 2 N–H and O–H groups in total. The van der Waals surface area contributed by atoms with Crippen molar-refractivity contribution >= 4 is 22.6 Å². The van der Waals surface area contributed by atoms with Gasteiger partial charge < -0.3 is 15.4 Å². The number of fused-ring (bicyclic) bond motifs is 3. The fourth-order valence-electron chi connectivity index (χ4n) is 4.31. The van der Waals surface area contributed by atoms with Crippen LogP contribution in [-0.4, -0.2) is 32.0 Å². The van der Waals surface area contributed by atoms with Crippen molar-refractivity contribution in [3.05, 3.63) is 58.2 Å². The number of aromatic nitrogens is 3. The average Bonchev–Trinajstić information content (AvgIpc) is 3.52. The van der Waals surface area contributed by atoms with Crippen LogP contribution in [0.15, 0.2) is 24.3 Å². The lowest BCUT2D eigenvalue weighted by Gasteiger charge is -2.29. The summed E-state index contributed by atoms with van der Waals surface area (Å²) in [5.74, 6) is -0.836. The molecule has 0 bridgehead atoms. The molecule has 2 aliphatic rings. The number of nitrogen functional groups attached to an aromatic ring is 1. The van der Waals surface area contributed by atoms with Gasteiger partial charge in [0.05, 0.1) is 36.5 Å². The van der Waals surface area contributed by atoms with Crippen molar-refractivity contribution in [3.63, 3.8) is 0 Å². The molecular weight excluding hydrogens is 454 g/mol. The van der Waals surface area contributed by atoms with Gasteiger partial charge in [0.15, 0.2) is 5.69 Å². The molecule has 0 radical (unpaired) electrons. The average molecular weight is 475 g/mol. The summed E-state index contributed by atoms with van der Waals surface area (Å²) in [5.41, 5.74) is 6.69. The highest BCUT2D eigenvalue weighted by Crippen LogP contribution is 2.37. The predicted molar refractivity (Wildman–Crippen MR) is 114 cm³/mol. The van der Waals surface area contributed by atoms with Crippen LogP contribution >= 0.6 is 0 Å². The second-order valence-corrected chi connectivity index (χ2v) is 8.71. The zero-order chi connectivity index (χ0) is 24.2. The van der Waals surface area contributed by atoms with E-state index in [-0.39, 0.29) is 42.2 Å². The van der Waals surface area contributed by atoms with E-state index in [1.54, 1.807) is 0 Å². The summed E-state index contributed by atoms with van der Waals surface area (Å²) in [7, 11) is 0. The predicted octanol–water partition coefficient (Wildman–Crippen LogP) is 4.24. The molecule has 1 fully saturated rings. The first-order valence-corrected chi connectivity index (χ1v) is 10.8. The Bertz CT molecular complexity index is 1280. The van der Waals surface area contributed by atoms with Crippen molar-refractivity contribution in [3.8, 4) is 0 Å². The molecule has 1 atom stereocenters. The van der Waals surface area contributed by atoms with E-state index in [0.29, 0.717) is 17.5 Å². The van der Waals surface area contributed by atoms with Gasteiger partial charge in [-0.2, -0.15) is 18.3 Å². The molecule has 1 aliphatic carbocycles. The monoisotopic (exact) mass is 475 g/mol. The Labute approximate surface area is 191 Å². The van der Waals surface area contributed by atoms with Crippen molar-refractivity contribution in [2.24, 2.45) is 5.92 Å².